The zero-order chi connectivity index (χ0) is 13.5. The third-order valence-corrected chi connectivity index (χ3v) is 3.31. The molecule has 0 spiro atoms. The van der Waals surface area contributed by atoms with Crippen molar-refractivity contribution in [1.82, 2.24) is 5.32 Å². The van der Waals surface area contributed by atoms with Gasteiger partial charge in [0.25, 0.3) is 0 Å². The molecule has 1 amide bonds. The quantitative estimate of drug-likeness (QED) is 0.774. The molecule has 0 aromatic heterocycles. The minimum Gasteiger partial charge on any atom is -0.393 e. The molecule has 0 radical (unpaired) electrons. The van der Waals surface area contributed by atoms with Gasteiger partial charge in [-0.3, -0.25) is 4.79 Å². The number of thiocarbonyl (C=S) groups is 1. The number of amides is 1. The van der Waals surface area contributed by atoms with Crippen molar-refractivity contribution in [3.63, 3.8) is 0 Å². The average Bonchev–Trinajstić information content (AvgIpc) is 2.37. The number of nitrogens with one attached hydrogen (secondary N) is 1. The van der Waals surface area contributed by atoms with Crippen molar-refractivity contribution in [2.75, 3.05) is 0 Å². The van der Waals surface area contributed by atoms with Gasteiger partial charge >= 0.3 is 0 Å². The molecule has 3 nitrogen and oxygen atoms in total. The monoisotopic (exact) mass is 264 g/mol. The summed E-state index contributed by atoms with van der Waals surface area (Å²) in [6.07, 6.45) is 1.59. The SMILES string of the molecule is CCc1ccccc1CNC(=O)C(CC)C(N)=S. The van der Waals surface area contributed by atoms with E-state index in [2.05, 4.69) is 18.3 Å². The van der Waals surface area contributed by atoms with Gasteiger partial charge < -0.3 is 11.1 Å². The van der Waals surface area contributed by atoms with Gasteiger partial charge in [0.2, 0.25) is 5.91 Å². The summed E-state index contributed by atoms with van der Waals surface area (Å²) in [4.78, 5) is 12.2. The van der Waals surface area contributed by atoms with Gasteiger partial charge in [-0.1, -0.05) is 50.3 Å². The lowest BCUT2D eigenvalue weighted by molar-refractivity contribution is -0.123. The van der Waals surface area contributed by atoms with Crippen LogP contribution in [0.1, 0.15) is 31.4 Å². The Morgan fingerprint density at radius 2 is 1.94 bits per heavy atom. The van der Waals surface area contributed by atoms with Gasteiger partial charge in [0, 0.05) is 6.54 Å². The summed E-state index contributed by atoms with van der Waals surface area (Å²) in [6, 6.07) is 8.09. The second kappa shape index (κ2) is 7.11. The third-order valence-electron chi connectivity index (χ3n) is 3.02. The van der Waals surface area contributed by atoms with Crippen LogP contribution in [0.15, 0.2) is 24.3 Å². The van der Waals surface area contributed by atoms with E-state index in [1.54, 1.807) is 0 Å². The third kappa shape index (κ3) is 3.81. The Balaban J connectivity index is 2.64. The highest BCUT2D eigenvalue weighted by atomic mass is 32.1. The fourth-order valence-electron chi connectivity index (χ4n) is 1.90. The number of carbonyl (C=O) groups excluding carboxylic acids is 1. The largest absolute Gasteiger partial charge is 0.393 e. The molecular formula is C14H20N2OS. The van der Waals surface area contributed by atoms with Crippen LogP contribution in [-0.2, 0) is 17.8 Å². The molecule has 0 saturated heterocycles. The highest BCUT2D eigenvalue weighted by Crippen LogP contribution is 2.10. The van der Waals surface area contributed by atoms with Crippen molar-refractivity contribution in [2.24, 2.45) is 11.7 Å². The van der Waals surface area contributed by atoms with E-state index in [0.717, 1.165) is 12.0 Å². The topological polar surface area (TPSA) is 55.1 Å². The molecule has 1 atom stereocenters. The molecule has 0 aliphatic rings. The first-order chi connectivity index (χ1) is 8.60. The molecule has 3 N–H and O–H groups in total. The van der Waals surface area contributed by atoms with E-state index in [1.807, 2.05) is 25.1 Å². The van der Waals surface area contributed by atoms with Crippen molar-refractivity contribution in [3.05, 3.63) is 35.4 Å². The maximum Gasteiger partial charge on any atom is 0.230 e. The molecule has 0 aliphatic carbocycles. The van der Waals surface area contributed by atoms with Gasteiger partial charge in [-0.2, -0.15) is 0 Å². The molecule has 0 fully saturated rings. The van der Waals surface area contributed by atoms with Gasteiger partial charge in [-0.15, -0.1) is 0 Å². The van der Waals surface area contributed by atoms with Crippen LogP contribution in [0.5, 0.6) is 0 Å². The van der Waals surface area contributed by atoms with Crippen molar-refractivity contribution >= 4 is 23.1 Å². The summed E-state index contributed by atoms with van der Waals surface area (Å²) in [5.74, 6) is -0.454. The average molecular weight is 264 g/mol. The van der Waals surface area contributed by atoms with Crippen molar-refractivity contribution in [1.29, 1.82) is 0 Å². The predicted octanol–water partition coefficient (Wildman–Crippen LogP) is 2.18. The minimum atomic E-state index is -0.367. The molecule has 0 bridgehead atoms. The lowest BCUT2D eigenvalue weighted by atomic mass is 10.0. The fraction of sp³-hybridized carbons (Fsp3) is 0.429. The normalized spacial score (nSPS) is 11.9. The number of aryl methyl sites for hydroxylation is 1. The van der Waals surface area contributed by atoms with E-state index >= 15 is 0 Å². The van der Waals surface area contributed by atoms with E-state index in [0.29, 0.717) is 13.0 Å². The first-order valence-corrected chi connectivity index (χ1v) is 6.64. The van der Waals surface area contributed by atoms with Crippen LogP contribution in [0.25, 0.3) is 0 Å². The number of hydrogen-bond acceptors (Lipinski definition) is 2. The lowest BCUT2D eigenvalue weighted by Gasteiger charge is -2.14. The summed E-state index contributed by atoms with van der Waals surface area (Å²) < 4.78 is 0. The molecule has 98 valence electrons. The van der Waals surface area contributed by atoms with E-state index in [4.69, 9.17) is 18.0 Å². The van der Waals surface area contributed by atoms with Gasteiger partial charge in [-0.25, -0.2) is 0 Å². The second-order valence-corrected chi connectivity index (χ2v) is 4.67. The number of rotatable bonds is 6. The first-order valence-electron chi connectivity index (χ1n) is 6.23. The summed E-state index contributed by atoms with van der Waals surface area (Å²) in [5, 5.41) is 2.90. The molecule has 0 aliphatic heterocycles. The maximum absolute atomic E-state index is 11.9. The van der Waals surface area contributed by atoms with Crippen molar-refractivity contribution < 1.29 is 4.79 Å². The van der Waals surface area contributed by atoms with Crippen molar-refractivity contribution in [3.8, 4) is 0 Å². The maximum atomic E-state index is 11.9. The van der Waals surface area contributed by atoms with Gasteiger partial charge in [-0.05, 0) is 24.0 Å². The number of nitrogens with two attached hydrogens (primary N) is 1. The summed E-state index contributed by atoms with van der Waals surface area (Å²) in [6.45, 7) is 4.54. The number of benzene rings is 1. The smallest absolute Gasteiger partial charge is 0.230 e. The van der Waals surface area contributed by atoms with E-state index in [9.17, 15) is 4.79 Å². The Hall–Kier alpha value is -1.42. The van der Waals surface area contributed by atoms with E-state index < -0.39 is 0 Å². The molecule has 1 aromatic rings. The zero-order valence-corrected chi connectivity index (χ0v) is 11.7. The first kappa shape index (κ1) is 14.6. The molecule has 4 heteroatoms. The van der Waals surface area contributed by atoms with Crippen LogP contribution in [0.3, 0.4) is 0 Å². The molecule has 0 heterocycles. The fourth-order valence-corrected chi connectivity index (χ4v) is 2.17. The molecule has 1 aromatic carbocycles. The Bertz CT molecular complexity index is 432. The molecule has 1 rings (SSSR count). The standard InChI is InChI=1S/C14H20N2OS/c1-3-10-7-5-6-8-11(10)9-16-14(17)12(4-2)13(15)18/h5-8,12H,3-4,9H2,1-2H3,(H2,15,18)(H,16,17). The molecular weight excluding hydrogens is 244 g/mol. The Morgan fingerprint density at radius 1 is 1.33 bits per heavy atom. The van der Waals surface area contributed by atoms with Crippen LogP contribution in [-0.4, -0.2) is 10.9 Å². The Kier molecular flexibility index (Phi) is 5.78. The zero-order valence-electron chi connectivity index (χ0n) is 10.9. The van der Waals surface area contributed by atoms with E-state index in [1.165, 1.54) is 5.56 Å². The second-order valence-electron chi connectivity index (χ2n) is 4.20. The molecule has 18 heavy (non-hydrogen) atoms. The van der Waals surface area contributed by atoms with Gasteiger partial charge in [0.1, 0.15) is 0 Å². The van der Waals surface area contributed by atoms with Crippen LogP contribution in [0, 0.1) is 5.92 Å². The van der Waals surface area contributed by atoms with Crippen LogP contribution >= 0.6 is 12.2 Å². The van der Waals surface area contributed by atoms with Gasteiger partial charge in [0.05, 0.1) is 10.9 Å². The van der Waals surface area contributed by atoms with Gasteiger partial charge in [0.15, 0.2) is 0 Å². The van der Waals surface area contributed by atoms with Crippen LogP contribution in [0.2, 0.25) is 0 Å². The van der Waals surface area contributed by atoms with E-state index in [-0.39, 0.29) is 16.8 Å². The summed E-state index contributed by atoms with van der Waals surface area (Å²) >= 11 is 4.89. The van der Waals surface area contributed by atoms with Crippen LogP contribution in [0.4, 0.5) is 0 Å². The number of carbonyl (C=O) groups is 1. The van der Waals surface area contributed by atoms with Crippen LogP contribution < -0.4 is 11.1 Å². The highest BCUT2D eigenvalue weighted by Gasteiger charge is 2.18. The number of hydrogen-bond donors (Lipinski definition) is 2. The lowest BCUT2D eigenvalue weighted by Crippen LogP contribution is -2.37. The molecule has 0 saturated carbocycles. The Labute approximate surface area is 114 Å². The van der Waals surface area contributed by atoms with Crippen molar-refractivity contribution in [2.45, 2.75) is 33.2 Å². The summed E-state index contributed by atoms with van der Waals surface area (Å²) in [7, 11) is 0. The summed E-state index contributed by atoms with van der Waals surface area (Å²) in [5.41, 5.74) is 7.94. The Morgan fingerprint density at radius 3 is 2.44 bits per heavy atom. The predicted molar refractivity (Wildman–Crippen MR) is 78.2 cm³/mol. The highest BCUT2D eigenvalue weighted by molar-refractivity contribution is 7.80. The molecule has 1 unspecified atom stereocenters. The minimum absolute atomic E-state index is 0.0871.